The third-order valence-electron chi connectivity index (χ3n) is 6.17. The van der Waals surface area contributed by atoms with E-state index in [4.69, 9.17) is 4.42 Å². The zero-order chi connectivity index (χ0) is 21.2. The molecule has 0 unspecified atom stereocenters. The molecule has 2 aliphatic rings. The number of carbonyl (C=O) groups excluding carboxylic acids is 2. The van der Waals surface area contributed by atoms with Crippen molar-refractivity contribution in [2.75, 3.05) is 24.5 Å². The summed E-state index contributed by atoms with van der Waals surface area (Å²) in [6.07, 6.45) is 3.86. The Kier molecular flexibility index (Phi) is 5.20. The third kappa shape index (κ3) is 3.93. The molecule has 0 saturated carbocycles. The minimum absolute atomic E-state index is 0.0537. The molecular formula is C25H25N3O3. The predicted octanol–water partition coefficient (Wildman–Crippen LogP) is 4.32. The highest BCUT2D eigenvalue weighted by atomic mass is 16.3. The molecule has 2 aromatic carbocycles. The number of benzene rings is 2. The van der Waals surface area contributed by atoms with Gasteiger partial charge in [-0.1, -0.05) is 36.4 Å². The molecule has 5 rings (SSSR count). The summed E-state index contributed by atoms with van der Waals surface area (Å²) in [5.74, 6) is 0.281. The molecule has 31 heavy (non-hydrogen) atoms. The average Bonchev–Trinajstić information content (AvgIpc) is 3.49. The Morgan fingerprint density at radius 3 is 2.45 bits per heavy atom. The summed E-state index contributed by atoms with van der Waals surface area (Å²) in [6, 6.07) is 20.0. The first-order valence-electron chi connectivity index (χ1n) is 10.8. The number of carbonyl (C=O) groups is 2. The normalized spacial score (nSPS) is 16.3. The van der Waals surface area contributed by atoms with Gasteiger partial charge in [-0.25, -0.2) is 4.79 Å². The number of nitrogens with zero attached hydrogens (tertiary/aromatic N) is 2. The van der Waals surface area contributed by atoms with Crippen LogP contribution in [0.3, 0.4) is 0 Å². The van der Waals surface area contributed by atoms with Crippen LogP contribution in [-0.4, -0.2) is 42.5 Å². The fraction of sp³-hybridized carbons (Fsp3) is 0.280. The van der Waals surface area contributed by atoms with Gasteiger partial charge in [0.15, 0.2) is 5.76 Å². The first-order chi connectivity index (χ1) is 15.2. The van der Waals surface area contributed by atoms with E-state index in [2.05, 4.69) is 35.6 Å². The first-order valence-corrected chi connectivity index (χ1v) is 10.8. The van der Waals surface area contributed by atoms with Crippen LogP contribution < -0.4 is 10.2 Å². The van der Waals surface area contributed by atoms with Gasteiger partial charge in [0.1, 0.15) is 0 Å². The Morgan fingerprint density at radius 1 is 0.903 bits per heavy atom. The minimum Gasteiger partial charge on any atom is -0.459 e. The number of fused-ring (bicyclic) bond motifs is 1. The molecule has 1 N–H and O–H groups in total. The molecule has 0 bridgehead atoms. The molecule has 6 nitrogen and oxygen atoms in total. The highest BCUT2D eigenvalue weighted by Gasteiger charge is 2.29. The second-order valence-electron chi connectivity index (χ2n) is 8.10. The Labute approximate surface area is 181 Å². The Bertz CT molecular complexity index is 1070. The van der Waals surface area contributed by atoms with Crippen LogP contribution in [0.4, 0.5) is 10.5 Å². The number of piperidine rings is 1. The number of likely N-dealkylation sites (tertiary alicyclic amines) is 1. The zero-order valence-corrected chi connectivity index (χ0v) is 17.3. The topological polar surface area (TPSA) is 65.8 Å². The van der Waals surface area contributed by atoms with Gasteiger partial charge in [-0.2, -0.15) is 0 Å². The molecule has 0 aliphatic carbocycles. The first kappa shape index (κ1) is 19.4. The maximum absolute atomic E-state index is 13.0. The largest absolute Gasteiger partial charge is 0.459 e. The molecule has 0 spiro atoms. The van der Waals surface area contributed by atoms with Crippen molar-refractivity contribution in [1.82, 2.24) is 10.2 Å². The third-order valence-corrected chi connectivity index (χ3v) is 6.17. The van der Waals surface area contributed by atoms with E-state index in [1.807, 2.05) is 23.1 Å². The zero-order valence-electron chi connectivity index (χ0n) is 17.3. The van der Waals surface area contributed by atoms with Crippen LogP contribution in [-0.2, 0) is 6.42 Å². The predicted molar refractivity (Wildman–Crippen MR) is 119 cm³/mol. The van der Waals surface area contributed by atoms with Crippen molar-refractivity contribution in [2.45, 2.75) is 25.3 Å². The van der Waals surface area contributed by atoms with Crippen molar-refractivity contribution in [1.29, 1.82) is 0 Å². The summed E-state index contributed by atoms with van der Waals surface area (Å²) in [5.41, 5.74) is 4.55. The second-order valence-corrected chi connectivity index (χ2v) is 8.10. The molecule has 6 heteroatoms. The van der Waals surface area contributed by atoms with E-state index in [1.54, 1.807) is 17.0 Å². The average molecular weight is 415 g/mol. The summed E-state index contributed by atoms with van der Waals surface area (Å²) in [7, 11) is 0. The van der Waals surface area contributed by atoms with Gasteiger partial charge < -0.3 is 14.6 Å². The van der Waals surface area contributed by atoms with Crippen molar-refractivity contribution in [3.63, 3.8) is 0 Å². The molecule has 1 aromatic heterocycles. The van der Waals surface area contributed by atoms with Crippen LogP contribution in [0.15, 0.2) is 71.3 Å². The van der Waals surface area contributed by atoms with Gasteiger partial charge in [0.05, 0.1) is 6.26 Å². The van der Waals surface area contributed by atoms with Gasteiger partial charge in [0, 0.05) is 31.4 Å². The van der Waals surface area contributed by atoms with Gasteiger partial charge in [0.2, 0.25) is 0 Å². The van der Waals surface area contributed by atoms with E-state index >= 15 is 0 Å². The number of hydrogen-bond donors (Lipinski definition) is 1. The quantitative estimate of drug-likeness (QED) is 0.693. The lowest BCUT2D eigenvalue weighted by atomic mass is 10.0. The van der Waals surface area contributed by atoms with Gasteiger partial charge >= 0.3 is 6.03 Å². The van der Waals surface area contributed by atoms with Crippen LogP contribution in [0.5, 0.6) is 0 Å². The Hall–Kier alpha value is -3.54. The molecule has 3 aromatic rings. The van der Waals surface area contributed by atoms with Gasteiger partial charge in [-0.3, -0.25) is 9.69 Å². The molecular weight excluding hydrogens is 390 g/mol. The molecule has 0 radical (unpaired) electrons. The lowest BCUT2D eigenvalue weighted by Crippen LogP contribution is -2.50. The molecule has 0 atom stereocenters. The van der Waals surface area contributed by atoms with E-state index in [1.165, 1.54) is 23.0 Å². The van der Waals surface area contributed by atoms with E-state index in [-0.39, 0.29) is 18.0 Å². The number of amides is 3. The van der Waals surface area contributed by atoms with Crippen LogP contribution in [0.2, 0.25) is 0 Å². The van der Waals surface area contributed by atoms with Gasteiger partial charge in [0.25, 0.3) is 5.91 Å². The van der Waals surface area contributed by atoms with Crippen LogP contribution in [0, 0.1) is 0 Å². The summed E-state index contributed by atoms with van der Waals surface area (Å²) in [4.78, 5) is 29.0. The number of hydrogen-bond acceptors (Lipinski definition) is 3. The lowest BCUT2D eigenvalue weighted by Gasteiger charge is -2.33. The number of nitrogens with one attached hydrogen (secondary N) is 1. The van der Waals surface area contributed by atoms with Crippen molar-refractivity contribution >= 4 is 17.6 Å². The monoisotopic (exact) mass is 415 g/mol. The standard InChI is InChI=1S/C25H25N3O3/c29-24(23-7-4-16-31-23)27-13-11-21(12-14-27)26-25(30)28-15-10-20-17-19(8-9-22(20)28)18-5-2-1-3-6-18/h1-9,16-17,21H,10-15H2,(H,26,30). The summed E-state index contributed by atoms with van der Waals surface area (Å²) in [6.45, 7) is 1.91. The Morgan fingerprint density at radius 2 is 1.71 bits per heavy atom. The molecule has 1 fully saturated rings. The number of furan rings is 1. The second kappa shape index (κ2) is 8.30. The number of anilines is 1. The molecule has 158 valence electrons. The van der Waals surface area contributed by atoms with Gasteiger partial charge in [-0.05, 0) is 60.2 Å². The van der Waals surface area contributed by atoms with E-state index in [9.17, 15) is 9.59 Å². The smallest absolute Gasteiger partial charge is 0.322 e. The fourth-order valence-corrected chi connectivity index (χ4v) is 4.46. The maximum atomic E-state index is 13.0. The van der Waals surface area contributed by atoms with Crippen molar-refractivity contribution < 1.29 is 14.0 Å². The molecule has 3 heterocycles. The molecule has 2 aliphatic heterocycles. The van der Waals surface area contributed by atoms with E-state index in [0.717, 1.165) is 24.9 Å². The van der Waals surface area contributed by atoms with Crippen molar-refractivity contribution in [3.05, 3.63) is 78.3 Å². The van der Waals surface area contributed by atoms with Crippen molar-refractivity contribution in [3.8, 4) is 11.1 Å². The Balaban J connectivity index is 1.19. The maximum Gasteiger partial charge on any atom is 0.322 e. The summed E-state index contributed by atoms with van der Waals surface area (Å²) >= 11 is 0. The summed E-state index contributed by atoms with van der Waals surface area (Å²) < 4.78 is 5.21. The van der Waals surface area contributed by atoms with Crippen LogP contribution >= 0.6 is 0 Å². The minimum atomic E-state index is -0.0857. The molecule has 1 saturated heterocycles. The summed E-state index contributed by atoms with van der Waals surface area (Å²) in [5, 5.41) is 3.17. The van der Waals surface area contributed by atoms with Gasteiger partial charge in [-0.15, -0.1) is 0 Å². The van der Waals surface area contributed by atoms with Crippen molar-refractivity contribution in [2.24, 2.45) is 0 Å². The highest BCUT2D eigenvalue weighted by molar-refractivity contribution is 5.95. The van der Waals surface area contributed by atoms with Crippen LogP contribution in [0.25, 0.3) is 11.1 Å². The SMILES string of the molecule is O=C(c1ccco1)N1CCC(NC(=O)N2CCc3cc(-c4ccccc4)ccc32)CC1. The number of urea groups is 1. The number of rotatable bonds is 3. The van der Waals surface area contributed by atoms with E-state index < -0.39 is 0 Å². The fourth-order valence-electron chi connectivity index (χ4n) is 4.46. The lowest BCUT2D eigenvalue weighted by molar-refractivity contribution is 0.0676. The molecule has 3 amide bonds. The highest BCUT2D eigenvalue weighted by Crippen LogP contribution is 2.32. The van der Waals surface area contributed by atoms with Crippen LogP contribution in [0.1, 0.15) is 29.0 Å². The van der Waals surface area contributed by atoms with E-state index in [0.29, 0.717) is 25.4 Å².